The smallest absolute Gasteiger partial charge is 0.326 e. The van der Waals surface area contributed by atoms with Gasteiger partial charge in [-0.05, 0) is 31.8 Å². The monoisotopic (exact) mass is 336 g/mol. The fraction of sp³-hybridized carbons (Fsp3) is 0.867. The number of hydrogen-bond acceptors (Lipinski definition) is 6. The van der Waals surface area contributed by atoms with Crippen molar-refractivity contribution in [3.05, 3.63) is 0 Å². The molecule has 0 heterocycles. The maximum atomic E-state index is 10.6. The molecular formula is C15H32N2O6. The molecule has 0 unspecified atom stereocenters. The Hall–Kier alpha value is -1.22. The first-order chi connectivity index (χ1) is 10.5. The molecule has 2 atom stereocenters. The molecule has 0 saturated heterocycles. The fourth-order valence-electron chi connectivity index (χ4n) is 1.24. The van der Waals surface area contributed by atoms with Crippen LogP contribution in [0.5, 0.6) is 0 Å². The molecule has 6 N–H and O–H groups in total. The number of aliphatic hydroxyl groups is 2. The first-order valence-corrected chi connectivity index (χ1v) is 7.66. The predicted molar refractivity (Wildman–Crippen MR) is 87.3 cm³/mol. The number of aliphatic carboxylic acids is 2. The van der Waals surface area contributed by atoms with Gasteiger partial charge in [-0.3, -0.25) is 14.9 Å². The molecule has 0 spiro atoms. The van der Waals surface area contributed by atoms with E-state index in [9.17, 15) is 9.59 Å². The molecule has 0 fully saturated rings. The van der Waals surface area contributed by atoms with Crippen molar-refractivity contribution in [2.24, 2.45) is 11.8 Å². The van der Waals surface area contributed by atoms with Gasteiger partial charge >= 0.3 is 11.9 Å². The lowest BCUT2D eigenvalue weighted by Gasteiger charge is -2.24. The van der Waals surface area contributed by atoms with Gasteiger partial charge in [0.1, 0.15) is 11.6 Å². The summed E-state index contributed by atoms with van der Waals surface area (Å²) in [7, 11) is 0. The third-order valence-corrected chi connectivity index (χ3v) is 2.94. The first kappa shape index (κ1) is 24.0. The van der Waals surface area contributed by atoms with E-state index in [1.54, 1.807) is 0 Å². The molecule has 0 aliphatic carbocycles. The average molecular weight is 336 g/mol. The minimum absolute atomic E-state index is 0.359. The molecule has 138 valence electrons. The van der Waals surface area contributed by atoms with E-state index in [1.165, 1.54) is 6.92 Å². The van der Waals surface area contributed by atoms with E-state index in [0.717, 1.165) is 0 Å². The number of carbonyl (C=O) groups is 2. The van der Waals surface area contributed by atoms with Gasteiger partial charge in [-0.2, -0.15) is 0 Å². The van der Waals surface area contributed by atoms with Crippen molar-refractivity contribution < 1.29 is 30.0 Å². The van der Waals surface area contributed by atoms with Crippen molar-refractivity contribution in [1.29, 1.82) is 0 Å². The zero-order valence-electron chi connectivity index (χ0n) is 14.7. The van der Waals surface area contributed by atoms with Crippen molar-refractivity contribution in [2.75, 3.05) is 26.3 Å². The molecular weight excluding hydrogens is 304 g/mol. The minimum atomic E-state index is -1.20. The van der Waals surface area contributed by atoms with E-state index >= 15 is 0 Å². The molecule has 0 aromatic carbocycles. The maximum absolute atomic E-state index is 10.6. The molecule has 0 aliphatic heterocycles. The van der Waals surface area contributed by atoms with E-state index in [-0.39, 0.29) is 6.61 Å². The standard InChI is InChI=1S/C8H17NO3.C7H15NO3/c1-6(2)4-9-8(3,5-10)7(11)12;1-5(2)3-8-6(4-9)7(10)11/h6,9-10H,4-5H2,1-3H3,(H,11,12);5-6,8-9H,3-4H2,1-2H3,(H,10,11)/t8-;6-/m00/s1. The summed E-state index contributed by atoms with van der Waals surface area (Å²) in [5.41, 5.74) is -1.20. The Kier molecular flexibility index (Phi) is 12.8. The lowest BCUT2D eigenvalue weighted by atomic mass is 10.0. The molecule has 8 nitrogen and oxygen atoms in total. The van der Waals surface area contributed by atoms with Crippen LogP contribution in [0.4, 0.5) is 0 Å². The molecule has 23 heavy (non-hydrogen) atoms. The van der Waals surface area contributed by atoms with Crippen LogP contribution in [0.15, 0.2) is 0 Å². The Balaban J connectivity index is 0. The summed E-state index contributed by atoms with van der Waals surface area (Å²) in [5, 5.41) is 40.1. The van der Waals surface area contributed by atoms with E-state index < -0.39 is 30.1 Å². The highest BCUT2D eigenvalue weighted by Gasteiger charge is 2.31. The number of aliphatic hydroxyl groups excluding tert-OH is 2. The van der Waals surface area contributed by atoms with Crippen molar-refractivity contribution in [2.45, 2.75) is 46.2 Å². The Morgan fingerprint density at radius 1 is 1.00 bits per heavy atom. The zero-order valence-corrected chi connectivity index (χ0v) is 14.7. The third kappa shape index (κ3) is 11.9. The summed E-state index contributed by atoms with van der Waals surface area (Å²) < 4.78 is 0. The van der Waals surface area contributed by atoms with Gasteiger partial charge in [0.15, 0.2) is 0 Å². The molecule has 0 aromatic heterocycles. The number of carboxylic acids is 2. The Bertz CT molecular complexity index is 349. The lowest BCUT2D eigenvalue weighted by molar-refractivity contribution is -0.146. The number of rotatable bonds is 10. The van der Waals surface area contributed by atoms with Crippen LogP contribution in [0.2, 0.25) is 0 Å². The Morgan fingerprint density at radius 3 is 1.74 bits per heavy atom. The van der Waals surface area contributed by atoms with Crippen LogP contribution in [0.3, 0.4) is 0 Å². The minimum Gasteiger partial charge on any atom is -0.480 e. The second-order valence-electron chi connectivity index (χ2n) is 6.45. The van der Waals surface area contributed by atoms with E-state index in [1.807, 2.05) is 27.7 Å². The van der Waals surface area contributed by atoms with Crippen molar-refractivity contribution in [3.63, 3.8) is 0 Å². The normalized spacial score (nSPS) is 14.8. The van der Waals surface area contributed by atoms with Gasteiger partial charge in [0.25, 0.3) is 0 Å². The van der Waals surface area contributed by atoms with Crippen LogP contribution in [0.1, 0.15) is 34.6 Å². The highest BCUT2D eigenvalue weighted by molar-refractivity contribution is 5.78. The van der Waals surface area contributed by atoms with Crippen LogP contribution < -0.4 is 10.6 Å². The maximum Gasteiger partial charge on any atom is 0.326 e. The Labute approximate surface area is 137 Å². The van der Waals surface area contributed by atoms with Gasteiger partial charge in [0.2, 0.25) is 0 Å². The summed E-state index contributed by atoms with van der Waals surface area (Å²) in [6.07, 6.45) is 0. The first-order valence-electron chi connectivity index (χ1n) is 7.66. The number of carboxylic acid groups (broad SMARTS) is 2. The summed E-state index contributed by atoms with van der Waals surface area (Å²) in [4.78, 5) is 21.0. The summed E-state index contributed by atoms with van der Waals surface area (Å²) in [6.45, 7) is 9.82. The van der Waals surface area contributed by atoms with Crippen molar-refractivity contribution in [3.8, 4) is 0 Å². The quantitative estimate of drug-likeness (QED) is 0.321. The largest absolute Gasteiger partial charge is 0.480 e. The van der Waals surface area contributed by atoms with Crippen LogP contribution in [0.25, 0.3) is 0 Å². The van der Waals surface area contributed by atoms with Gasteiger partial charge < -0.3 is 25.7 Å². The predicted octanol–water partition coefficient (Wildman–Crippen LogP) is -0.255. The molecule has 0 rings (SSSR count). The van der Waals surface area contributed by atoms with E-state index in [0.29, 0.717) is 24.9 Å². The molecule has 8 heteroatoms. The van der Waals surface area contributed by atoms with Crippen LogP contribution in [0, 0.1) is 11.8 Å². The van der Waals surface area contributed by atoms with Crippen LogP contribution >= 0.6 is 0 Å². The fourth-order valence-corrected chi connectivity index (χ4v) is 1.24. The SMILES string of the molecule is CC(C)CN[C@@H](CO)C(=O)O.CC(C)CN[C@@](C)(CO)C(=O)O. The second-order valence-corrected chi connectivity index (χ2v) is 6.45. The van der Waals surface area contributed by atoms with Crippen LogP contribution in [-0.4, -0.2) is 70.2 Å². The average Bonchev–Trinajstić information content (AvgIpc) is 2.45. The lowest BCUT2D eigenvalue weighted by Crippen LogP contribution is -2.53. The topological polar surface area (TPSA) is 139 Å². The summed E-state index contributed by atoms with van der Waals surface area (Å²) in [5.74, 6) is -1.27. The number of hydrogen-bond donors (Lipinski definition) is 6. The van der Waals surface area contributed by atoms with E-state index in [4.69, 9.17) is 20.4 Å². The molecule has 0 amide bonds. The van der Waals surface area contributed by atoms with Gasteiger partial charge in [-0.1, -0.05) is 27.7 Å². The molecule has 0 aromatic rings. The van der Waals surface area contributed by atoms with Gasteiger partial charge in [-0.25, -0.2) is 0 Å². The third-order valence-electron chi connectivity index (χ3n) is 2.94. The summed E-state index contributed by atoms with van der Waals surface area (Å²) in [6, 6.07) is -0.822. The summed E-state index contributed by atoms with van der Waals surface area (Å²) >= 11 is 0. The Morgan fingerprint density at radius 2 is 1.48 bits per heavy atom. The van der Waals surface area contributed by atoms with Gasteiger partial charge in [-0.15, -0.1) is 0 Å². The van der Waals surface area contributed by atoms with Crippen molar-refractivity contribution >= 4 is 11.9 Å². The second kappa shape index (κ2) is 12.2. The number of nitrogens with one attached hydrogen (secondary N) is 2. The molecule has 0 bridgehead atoms. The zero-order chi connectivity index (χ0) is 18.6. The van der Waals surface area contributed by atoms with Gasteiger partial charge in [0, 0.05) is 0 Å². The van der Waals surface area contributed by atoms with E-state index in [2.05, 4.69) is 10.6 Å². The van der Waals surface area contributed by atoms with Crippen molar-refractivity contribution in [1.82, 2.24) is 10.6 Å². The molecule has 0 radical (unpaired) electrons. The van der Waals surface area contributed by atoms with Crippen LogP contribution in [-0.2, 0) is 9.59 Å². The van der Waals surface area contributed by atoms with Gasteiger partial charge in [0.05, 0.1) is 13.2 Å². The molecule has 0 saturated carbocycles. The highest BCUT2D eigenvalue weighted by Crippen LogP contribution is 2.03. The molecule has 0 aliphatic rings. The highest BCUT2D eigenvalue weighted by atomic mass is 16.4.